The Morgan fingerprint density at radius 3 is 2.21 bits per heavy atom. The Kier molecular flexibility index (Phi) is 9.92. The van der Waals surface area contributed by atoms with Gasteiger partial charge in [-0.15, -0.1) is 11.3 Å². The van der Waals surface area contributed by atoms with Gasteiger partial charge >= 0.3 is 10.2 Å². The van der Waals surface area contributed by atoms with Gasteiger partial charge in [0.15, 0.2) is 5.13 Å². The number of benzene rings is 2. The van der Waals surface area contributed by atoms with E-state index in [0.717, 1.165) is 20.7 Å². The first-order valence-corrected chi connectivity index (χ1v) is 14.8. The number of anilines is 2. The highest BCUT2D eigenvalue weighted by molar-refractivity contribution is 7.90. The first-order chi connectivity index (χ1) is 18.5. The molecule has 0 spiro atoms. The van der Waals surface area contributed by atoms with Crippen LogP contribution in [-0.4, -0.2) is 63.8 Å². The molecule has 2 amide bonds. The molecule has 0 aliphatic heterocycles. The fraction of sp³-hybridized carbons (Fsp3) is 0.370. The van der Waals surface area contributed by atoms with Crippen LogP contribution < -0.4 is 19.7 Å². The predicted octanol–water partition coefficient (Wildman–Crippen LogP) is 4.09. The lowest BCUT2D eigenvalue weighted by Gasteiger charge is -2.28. The minimum atomic E-state index is -4.18. The molecule has 0 radical (unpaired) electrons. The van der Waals surface area contributed by atoms with E-state index in [4.69, 9.17) is 4.74 Å². The zero-order valence-corrected chi connectivity index (χ0v) is 24.6. The van der Waals surface area contributed by atoms with Crippen molar-refractivity contribution in [3.05, 3.63) is 59.5 Å². The summed E-state index contributed by atoms with van der Waals surface area (Å²) >= 11 is 1.53. The minimum Gasteiger partial charge on any atom is -0.497 e. The molecule has 1 heterocycles. The summed E-state index contributed by atoms with van der Waals surface area (Å²) in [5.41, 5.74) is 2.44. The molecule has 1 atom stereocenters. The van der Waals surface area contributed by atoms with Crippen molar-refractivity contribution >= 4 is 44.2 Å². The Balaban J connectivity index is 1.67. The average molecular weight is 574 g/mol. The van der Waals surface area contributed by atoms with Crippen molar-refractivity contribution < 1.29 is 22.7 Å². The number of amides is 2. The lowest BCUT2D eigenvalue weighted by atomic mass is 9.94. The highest BCUT2D eigenvalue weighted by Gasteiger charge is 2.33. The van der Waals surface area contributed by atoms with Gasteiger partial charge in [-0.1, -0.05) is 26.0 Å². The molecule has 210 valence electrons. The van der Waals surface area contributed by atoms with Crippen molar-refractivity contribution in [3.8, 4) is 17.0 Å². The smallest absolute Gasteiger partial charge is 0.326 e. The van der Waals surface area contributed by atoms with Crippen LogP contribution in [0.15, 0.2) is 53.9 Å². The molecule has 0 aliphatic carbocycles. The Morgan fingerprint density at radius 2 is 1.69 bits per heavy atom. The van der Waals surface area contributed by atoms with Crippen molar-refractivity contribution in [2.24, 2.45) is 11.8 Å². The van der Waals surface area contributed by atoms with E-state index in [9.17, 15) is 18.0 Å². The zero-order valence-electron chi connectivity index (χ0n) is 23.0. The maximum Gasteiger partial charge on any atom is 0.326 e. The van der Waals surface area contributed by atoms with E-state index < -0.39 is 22.0 Å². The van der Waals surface area contributed by atoms with Crippen molar-refractivity contribution in [1.82, 2.24) is 14.6 Å². The van der Waals surface area contributed by atoms with Crippen molar-refractivity contribution in [2.45, 2.75) is 20.8 Å². The van der Waals surface area contributed by atoms with Crippen molar-refractivity contribution in [1.29, 1.82) is 0 Å². The van der Waals surface area contributed by atoms with Gasteiger partial charge in [-0.2, -0.15) is 8.42 Å². The number of nitrogens with zero attached hydrogens (tertiary/aromatic N) is 3. The summed E-state index contributed by atoms with van der Waals surface area (Å²) in [6.07, 6.45) is 0. The third kappa shape index (κ3) is 7.48. The molecule has 0 aliphatic rings. The molecule has 10 nitrogen and oxygen atoms in total. The van der Waals surface area contributed by atoms with Crippen LogP contribution in [0.2, 0.25) is 0 Å². The molecule has 12 heteroatoms. The van der Waals surface area contributed by atoms with E-state index in [2.05, 4.69) is 15.0 Å². The zero-order chi connectivity index (χ0) is 28.7. The third-order valence-corrected chi connectivity index (χ3v) is 8.60. The summed E-state index contributed by atoms with van der Waals surface area (Å²) in [5.74, 6) is -1.34. The number of ether oxygens (including phenoxy) is 1. The molecular weight excluding hydrogens is 538 g/mol. The van der Waals surface area contributed by atoms with E-state index >= 15 is 0 Å². The van der Waals surface area contributed by atoms with Gasteiger partial charge in [-0.05, 0) is 49.2 Å². The van der Waals surface area contributed by atoms with Gasteiger partial charge in [0.05, 0.1) is 24.4 Å². The molecule has 3 rings (SSSR count). The second kappa shape index (κ2) is 12.9. The minimum absolute atomic E-state index is 0.01000. The summed E-state index contributed by atoms with van der Waals surface area (Å²) in [4.78, 5) is 32.8. The Hall–Kier alpha value is -3.64. The standard InChI is InChI=1S/C27H35N5O5S2/c1-7-32(39(35,36)30-21-12-14-22(37-6)15-13-21)26(34)23(18(2)3)16-28-25(33)20-10-8-19(9-11-20)24-17-38-27(29-24)31(4)5/h8-15,17-18,23,30H,7,16H2,1-6H3,(H,28,33). The van der Waals surface area contributed by atoms with Crippen LogP contribution in [0.1, 0.15) is 31.1 Å². The number of thiazole rings is 1. The monoisotopic (exact) mass is 573 g/mol. The van der Waals surface area contributed by atoms with Crippen molar-refractivity contribution in [2.75, 3.05) is 43.9 Å². The SMILES string of the molecule is CCN(C(=O)C(CNC(=O)c1ccc(-c2csc(N(C)C)n2)cc1)C(C)C)S(=O)(=O)Nc1ccc(OC)cc1. The maximum atomic E-state index is 13.4. The summed E-state index contributed by atoms with van der Waals surface area (Å²) in [6.45, 7) is 5.15. The number of aromatic nitrogens is 1. The highest BCUT2D eigenvalue weighted by Crippen LogP contribution is 2.26. The fourth-order valence-corrected chi connectivity index (χ4v) is 5.82. The molecule has 2 aromatic carbocycles. The molecule has 0 saturated heterocycles. The maximum absolute atomic E-state index is 13.4. The van der Waals surface area contributed by atoms with Crippen LogP contribution in [0.3, 0.4) is 0 Å². The number of hydrogen-bond acceptors (Lipinski definition) is 8. The van der Waals surface area contributed by atoms with Gasteiger partial charge < -0.3 is 15.0 Å². The number of nitrogens with one attached hydrogen (secondary N) is 2. The van der Waals surface area contributed by atoms with Crippen LogP contribution in [-0.2, 0) is 15.0 Å². The number of hydrogen-bond donors (Lipinski definition) is 2. The lowest BCUT2D eigenvalue weighted by Crippen LogP contribution is -2.47. The van der Waals surface area contributed by atoms with E-state index in [1.165, 1.54) is 18.4 Å². The van der Waals surface area contributed by atoms with Crippen LogP contribution in [0.25, 0.3) is 11.3 Å². The fourth-order valence-electron chi connectivity index (χ4n) is 3.80. The quantitative estimate of drug-likeness (QED) is 0.335. The largest absolute Gasteiger partial charge is 0.497 e. The Morgan fingerprint density at radius 1 is 1.05 bits per heavy atom. The molecule has 0 bridgehead atoms. The molecule has 0 fully saturated rings. The first kappa shape index (κ1) is 29.9. The number of carbonyl (C=O) groups is 2. The topological polar surface area (TPSA) is 121 Å². The van der Waals surface area contributed by atoms with Crippen molar-refractivity contribution in [3.63, 3.8) is 0 Å². The Labute approximate surface area is 234 Å². The van der Waals surface area contributed by atoms with E-state index in [1.54, 1.807) is 43.3 Å². The van der Waals surface area contributed by atoms with Crippen LogP contribution in [0.4, 0.5) is 10.8 Å². The molecule has 1 unspecified atom stereocenters. The van der Waals surface area contributed by atoms with Gasteiger partial charge in [0.1, 0.15) is 5.75 Å². The molecule has 3 aromatic rings. The first-order valence-electron chi connectivity index (χ1n) is 12.5. The number of carbonyl (C=O) groups excluding carboxylic acids is 2. The molecule has 2 N–H and O–H groups in total. The molecule has 39 heavy (non-hydrogen) atoms. The van der Waals surface area contributed by atoms with E-state index in [-0.39, 0.29) is 24.9 Å². The molecule has 0 saturated carbocycles. The van der Waals surface area contributed by atoms with E-state index in [0.29, 0.717) is 17.0 Å². The van der Waals surface area contributed by atoms with Gasteiger partial charge in [-0.3, -0.25) is 14.3 Å². The lowest BCUT2D eigenvalue weighted by molar-refractivity contribution is -0.131. The third-order valence-electron chi connectivity index (χ3n) is 6.08. The van der Waals surface area contributed by atoms with Gasteiger partial charge in [0.25, 0.3) is 5.91 Å². The Bertz CT molecular complexity index is 1370. The average Bonchev–Trinajstić information content (AvgIpc) is 3.40. The summed E-state index contributed by atoms with van der Waals surface area (Å²) < 4.78 is 34.5. The van der Waals surface area contributed by atoms with Gasteiger partial charge in [0.2, 0.25) is 5.91 Å². The van der Waals surface area contributed by atoms with Gasteiger partial charge in [-0.25, -0.2) is 9.29 Å². The second-order valence-corrected chi connectivity index (χ2v) is 11.8. The number of methoxy groups -OCH3 is 1. The molecular formula is C27H35N5O5S2. The highest BCUT2D eigenvalue weighted by atomic mass is 32.2. The summed E-state index contributed by atoms with van der Waals surface area (Å²) in [7, 11) is 1.19. The summed E-state index contributed by atoms with van der Waals surface area (Å²) in [6, 6.07) is 13.4. The van der Waals surface area contributed by atoms with E-state index in [1.807, 2.05) is 50.4 Å². The van der Waals surface area contributed by atoms with Crippen LogP contribution in [0.5, 0.6) is 5.75 Å². The normalized spacial score (nSPS) is 12.1. The second-order valence-electron chi connectivity index (χ2n) is 9.39. The summed E-state index contributed by atoms with van der Waals surface area (Å²) in [5, 5.41) is 5.64. The van der Waals surface area contributed by atoms with Crippen LogP contribution in [0, 0.1) is 11.8 Å². The van der Waals surface area contributed by atoms with Gasteiger partial charge in [0, 0.05) is 43.7 Å². The van der Waals surface area contributed by atoms with Crippen LogP contribution >= 0.6 is 11.3 Å². The molecule has 1 aromatic heterocycles. The predicted molar refractivity (Wildman–Crippen MR) is 155 cm³/mol. The number of rotatable bonds is 12.